The highest BCUT2D eigenvalue weighted by Crippen LogP contribution is 2.26. The zero-order valence-electron chi connectivity index (χ0n) is 12.9. The minimum absolute atomic E-state index is 0.118. The van der Waals surface area contributed by atoms with Crippen LogP contribution in [0.4, 0.5) is 0 Å². The van der Waals surface area contributed by atoms with Crippen molar-refractivity contribution in [3.63, 3.8) is 0 Å². The highest BCUT2D eigenvalue weighted by atomic mass is 16.7. The van der Waals surface area contributed by atoms with Crippen molar-refractivity contribution in [2.75, 3.05) is 20.3 Å². The monoisotopic (exact) mass is 308 g/mol. The Morgan fingerprint density at radius 3 is 2.68 bits per heavy atom. The molecule has 2 rings (SSSR count). The summed E-state index contributed by atoms with van der Waals surface area (Å²) in [6, 6.07) is 9.90. The van der Waals surface area contributed by atoms with Gasteiger partial charge in [0.15, 0.2) is 6.29 Å². The van der Waals surface area contributed by atoms with E-state index in [9.17, 15) is 5.11 Å². The van der Waals surface area contributed by atoms with Gasteiger partial charge in [0.1, 0.15) is 12.2 Å². The summed E-state index contributed by atoms with van der Waals surface area (Å²) in [6.07, 6.45) is 0.874. The summed E-state index contributed by atoms with van der Waals surface area (Å²) in [5.74, 6) is 0. The highest BCUT2D eigenvalue weighted by Gasteiger charge is 2.39. The summed E-state index contributed by atoms with van der Waals surface area (Å²) in [7, 11) is 1.56. The van der Waals surface area contributed by atoms with Crippen LogP contribution in [-0.2, 0) is 25.6 Å². The van der Waals surface area contributed by atoms with Gasteiger partial charge in [-0.15, -0.1) is 6.58 Å². The van der Waals surface area contributed by atoms with Gasteiger partial charge in [0, 0.05) is 13.5 Å². The molecule has 0 aliphatic carbocycles. The number of benzene rings is 1. The Bertz CT molecular complexity index is 436. The third kappa shape index (κ3) is 4.63. The summed E-state index contributed by atoms with van der Waals surface area (Å²) in [4.78, 5) is 0. The fourth-order valence-corrected chi connectivity index (χ4v) is 2.50. The van der Waals surface area contributed by atoms with Crippen LogP contribution >= 0.6 is 0 Å². The molecular weight excluding hydrogens is 284 g/mol. The summed E-state index contributed by atoms with van der Waals surface area (Å²) >= 11 is 0. The summed E-state index contributed by atoms with van der Waals surface area (Å²) in [6.45, 7) is 4.42. The molecule has 4 atom stereocenters. The van der Waals surface area contributed by atoms with Gasteiger partial charge in [-0.25, -0.2) is 0 Å². The molecule has 0 amide bonds. The van der Waals surface area contributed by atoms with Crippen molar-refractivity contribution in [3.05, 3.63) is 48.6 Å². The van der Waals surface area contributed by atoms with Gasteiger partial charge in [-0.05, 0) is 5.56 Å². The van der Waals surface area contributed by atoms with Gasteiger partial charge in [0.2, 0.25) is 0 Å². The average molecular weight is 308 g/mol. The number of aliphatic hydroxyl groups is 1. The van der Waals surface area contributed by atoms with Crippen molar-refractivity contribution in [2.45, 2.75) is 37.6 Å². The lowest BCUT2D eigenvalue weighted by Crippen LogP contribution is -2.51. The van der Waals surface area contributed by atoms with Gasteiger partial charge in [-0.2, -0.15) is 0 Å². The first-order valence-electron chi connectivity index (χ1n) is 7.45. The molecule has 1 saturated heterocycles. The first kappa shape index (κ1) is 17.1. The zero-order valence-corrected chi connectivity index (χ0v) is 12.9. The highest BCUT2D eigenvalue weighted by molar-refractivity contribution is 5.13. The second-order valence-electron chi connectivity index (χ2n) is 5.19. The fourth-order valence-electron chi connectivity index (χ4n) is 2.50. The molecule has 0 saturated carbocycles. The Morgan fingerprint density at radius 2 is 2.05 bits per heavy atom. The topological polar surface area (TPSA) is 57.2 Å². The lowest BCUT2D eigenvalue weighted by molar-refractivity contribution is -0.277. The van der Waals surface area contributed by atoms with Crippen LogP contribution in [0.25, 0.3) is 0 Å². The molecule has 5 heteroatoms. The third-order valence-electron chi connectivity index (χ3n) is 3.64. The van der Waals surface area contributed by atoms with E-state index in [-0.39, 0.29) is 18.8 Å². The van der Waals surface area contributed by atoms with Crippen LogP contribution in [0.1, 0.15) is 12.0 Å². The van der Waals surface area contributed by atoms with E-state index in [1.807, 2.05) is 30.3 Å². The number of methoxy groups -OCH3 is 1. The van der Waals surface area contributed by atoms with E-state index >= 15 is 0 Å². The Balaban J connectivity index is 1.96. The number of hydrogen-bond acceptors (Lipinski definition) is 5. The third-order valence-corrected chi connectivity index (χ3v) is 3.64. The Morgan fingerprint density at radius 1 is 1.27 bits per heavy atom. The van der Waals surface area contributed by atoms with Crippen LogP contribution in [-0.4, -0.2) is 50.0 Å². The van der Waals surface area contributed by atoms with Gasteiger partial charge in [0.05, 0.1) is 25.9 Å². The number of hydrogen-bond donors (Lipinski definition) is 1. The molecular formula is C17H24O5. The molecule has 5 nitrogen and oxygen atoms in total. The number of ether oxygens (including phenoxy) is 4. The van der Waals surface area contributed by atoms with Crippen LogP contribution in [0.2, 0.25) is 0 Å². The molecule has 1 aliphatic heterocycles. The molecule has 22 heavy (non-hydrogen) atoms. The van der Waals surface area contributed by atoms with E-state index in [1.54, 1.807) is 13.2 Å². The Kier molecular flexibility index (Phi) is 7.02. The second kappa shape index (κ2) is 9.02. The van der Waals surface area contributed by atoms with Crippen LogP contribution in [0.3, 0.4) is 0 Å². The first-order valence-corrected chi connectivity index (χ1v) is 7.45. The maximum Gasteiger partial charge on any atom is 0.184 e. The molecule has 122 valence electrons. The predicted molar refractivity (Wildman–Crippen MR) is 82.3 cm³/mol. The maximum absolute atomic E-state index is 9.52. The maximum atomic E-state index is 9.52. The minimum Gasteiger partial charge on any atom is -0.394 e. The zero-order chi connectivity index (χ0) is 15.8. The van der Waals surface area contributed by atoms with Crippen molar-refractivity contribution < 1.29 is 24.1 Å². The standard InChI is InChI=1S/C17H24O5/c1-3-9-20-15-10-14(16(11-18)22-17(15)19-2)21-12-13-7-5-4-6-8-13/h3-8,14-18H,1,9-12H2,2H3/t14-,15+,16+,17-/m0/s1. The van der Waals surface area contributed by atoms with Gasteiger partial charge in [-0.3, -0.25) is 0 Å². The van der Waals surface area contributed by atoms with E-state index in [4.69, 9.17) is 18.9 Å². The van der Waals surface area contributed by atoms with E-state index < -0.39 is 12.4 Å². The van der Waals surface area contributed by atoms with E-state index in [0.29, 0.717) is 19.6 Å². The van der Waals surface area contributed by atoms with Crippen molar-refractivity contribution in [3.8, 4) is 0 Å². The van der Waals surface area contributed by atoms with Crippen molar-refractivity contribution in [2.24, 2.45) is 0 Å². The van der Waals surface area contributed by atoms with Gasteiger partial charge < -0.3 is 24.1 Å². The largest absolute Gasteiger partial charge is 0.394 e. The van der Waals surface area contributed by atoms with E-state index in [1.165, 1.54) is 0 Å². The smallest absolute Gasteiger partial charge is 0.184 e. The summed E-state index contributed by atoms with van der Waals surface area (Å²) in [5, 5.41) is 9.52. The quantitative estimate of drug-likeness (QED) is 0.743. The lowest BCUT2D eigenvalue weighted by Gasteiger charge is -2.39. The Labute approximate surface area is 131 Å². The normalized spacial score (nSPS) is 28.5. The number of rotatable bonds is 8. The first-order chi connectivity index (χ1) is 10.8. The molecule has 1 aromatic carbocycles. The molecule has 0 radical (unpaired) electrons. The van der Waals surface area contributed by atoms with E-state index in [2.05, 4.69) is 6.58 Å². The molecule has 0 spiro atoms. The average Bonchev–Trinajstić information content (AvgIpc) is 2.58. The number of aliphatic hydroxyl groups excluding tert-OH is 1. The lowest BCUT2D eigenvalue weighted by atomic mass is 10.0. The minimum atomic E-state index is -0.506. The molecule has 0 aromatic heterocycles. The fraction of sp³-hybridized carbons (Fsp3) is 0.529. The molecule has 1 heterocycles. The molecule has 1 fully saturated rings. The van der Waals surface area contributed by atoms with Crippen molar-refractivity contribution in [1.82, 2.24) is 0 Å². The predicted octanol–water partition coefficient (Wildman–Crippen LogP) is 1.90. The van der Waals surface area contributed by atoms with Crippen LogP contribution in [0, 0.1) is 0 Å². The SMILES string of the molecule is C=CCO[C@@H]1C[C@H](OCc2ccccc2)[C@@H](CO)O[C@@H]1OC. The van der Waals surface area contributed by atoms with Gasteiger partial charge in [-0.1, -0.05) is 36.4 Å². The molecule has 1 aliphatic rings. The molecule has 0 unspecified atom stereocenters. The summed E-state index contributed by atoms with van der Waals surface area (Å²) < 4.78 is 22.6. The van der Waals surface area contributed by atoms with Gasteiger partial charge in [0.25, 0.3) is 0 Å². The molecule has 1 N–H and O–H groups in total. The molecule has 0 bridgehead atoms. The van der Waals surface area contributed by atoms with Crippen molar-refractivity contribution in [1.29, 1.82) is 0 Å². The van der Waals surface area contributed by atoms with Gasteiger partial charge >= 0.3 is 0 Å². The second-order valence-corrected chi connectivity index (χ2v) is 5.19. The van der Waals surface area contributed by atoms with E-state index in [0.717, 1.165) is 5.56 Å². The molecule has 1 aromatic rings. The van der Waals surface area contributed by atoms with Crippen LogP contribution in [0.15, 0.2) is 43.0 Å². The van der Waals surface area contributed by atoms with Crippen LogP contribution < -0.4 is 0 Å². The van der Waals surface area contributed by atoms with Crippen molar-refractivity contribution >= 4 is 0 Å². The van der Waals surface area contributed by atoms with Crippen LogP contribution in [0.5, 0.6) is 0 Å². The Hall–Kier alpha value is -1.24. The summed E-state index contributed by atoms with van der Waals surface area (Å²) in [5.41, 5.74) is 1.08.